The molecule has 1 aromatic heterocycles. The zero-order chi connectivity index (χ0) is 11.5. The van der Waals surface area contributed by atoms with Gasteiger partial charge in [-0.2, -0.15) is 0 Å². The van der Waals surface area contributed by atoms with Crippen molar-refractivity contribution in [2.45, 2.75) is 39.2 Å². The van der Waals surface area contributed by atoms with Crippen molar-refractivity contribution in [3.63, 3.8) is 0 Å². The minimum Gasteiger partial charge on any atom is -0.481 e. The van der Waals surface area contributed by atoms with Crippen LogP contribution in [0.5, 0.6) is 0 Å². The van der Waals surface area contributed by atoms with Crippen molar-refractivity contribution in [2.24, 2.45) is 0 Å². The summed E-state index contributed by atoms with van der Waals surface area (Å²) >= 11 is 1.45. The largest absolute Gasteiger partial charge is 0.481 e. The molecule has 0 aliphatic carbocycles. The molecule has 0 aliphatic rings. The van der Waals surface area contributed by atoms with Gasteiger partial charge in [0.05, 0.1) is 12.1 Å². The van der Waals surface area contributed by atoms with Gasteiger partial charge < -0.3 is 10.4 Å². The maximum absolute atomic E-state index is 10.5. The van der Waals surface area contributed by atoms with Gasteiger partial charge in [0.1, 0.15) is 0 Å². The zero-order valence-electron chi connectivity index (χ0n) is 9.20. The molecule has 0 aliphatic heterocycles. The molecule has 0 radical (unpaired) electrons. The van der Waals surface area contributed by atoms with Crippen LogP contribution in [-0.2, 0) is 11.2 Å². The Hall–Kier alpha value is -1.10. The number of aromatic nitrogens is 1. The Bertz CT molecular complexity index is 347. The van der Waals surface area contributed by atoms with Gasteiger partial charge in [0.15, 0.2) is 5.13 Å². The van der Waals surface area contributed by atoms with E-state index in [4.69, 9.17) is 5.11 Å². The van der Waals surface area contributed by atoms with Gasteiger partial charge in [0.25, 0.3) is 0 Å². The molecule has 0 atom stereocenters. The molecule has 1 aromatic rings. The van der Waals surface area contributed by atoms with E-state index in [1.54, 1.807) is 5.38 Å². The van der Waals surface area contributed by atoms with Crippen molar-refractivity contribution >= 4 is 22.4 Å². The molecule has 4 nitrogen and oxygen atoms in total. The Morgan fingerprint density at radius 2 is 2.33 bits per heavy atom. The van der Waals surface area contributed by atoms with Gasteiger partial charge in [-0.3, -0.25) is 4.79 Å². The molecule has 1 heterocycles. The van der Waals surface area contributed by atoms with E-state index in [-0.39, 0.29) is 12.0 Å². The molecule has 0 aromatic carbocycles. The number of aliphatic carboxylic acids is 1. The van der Waals surface area contributed by atoms with E-state index in [0.29, 0.717) is 5.69 Å². The van der Waals surface area contributed by atoms with Crippen LogP contribution in [0.3, 0.4) is 0 Å². The maximum Gasteiger partial charge on any atom is 0.309 e. The molecule has 0 saturated carbocycles. The SMILES string of the molecule is CCC(C)(C)Nc1nc(CC(=O)O)cs1. The Morgan fingerprint density at radius 1 is 1.67 bits per heavy atom. The minimum absolute atomic E-state index is 0.00164. The lowest BCUT2D eigenvalue weighted by Gasteiger charge is -2.23. The summed E-state index contributed by atoms with van der Waals surface area (Å²) in [6.45, 7) is 6.27. The summed E-state index contributed by atoms with van der Waals surface area (Å²) in [5.41, 5.74) is 0.611. The summed E-state index contributed by atoms with van der Waals surface area (Å²) in [7, 11) is 0. The van der Waals surface area contributed by atoms with Gasteiger partial charge in [-0.05, 0) is 20.3 Å². The van der Waals surface area contributed by atoms with Crippen molar-refractivity contribution < 1.29 is 9.90 Å². The number of nitrogens with one attached hydrogen (secondary N) is 1. The van der Waals surface area contributed by atoms with Crippen molar-refractivity contribution in [1.29, 1.82) is 0 Å². The molecular weight excluding hydrogens is 212 g/mol. The smallest absolute Gasteiger partial charge is 0.309 e. The zero-order valence-corrected chi connectivity index (χ0v) is 10.0. The number of hydrogen-bond donors (Lipinski definition) is 2. The summed E-state index contributed by atoms with van der Waals surface area (Å²) in [4.78, 5) is 14.7. The van der Waals surface area contributed by atoms with Gasteiger partial charge in [0.2, 0.25) is 0 Å². The first kappa shape index (κ1) is 12.0. The molecule has 1 rings (SSSR count). The molecule has 0 saturated heterocycles. The van der Waals surface area contributed by atoms with Gasteiger partial charge >= 0.3 is 5.97 Å². The Kier molecular flexibility index (Phi) is 3.68. The van der Waals surface area contributed by atoms with E-state index in [1.807, 2.05) is 0 Å². The monoisotopic (exact) mass is 228 g/mol. The van der Waals surface area contributed by atoms with Crippen LogP contribution >= 0.6 is 11.3 Å². The lowest BCUT2D eigenvalue weighted by molar-refractivity contribution is -0.136. The second-order valence-electron chi connectivity index (χ2n) is 4.08. The van der Waals surface area contributed by atoms with Crippen molar-refractivity contribution in [3.8, 4) is 0 Å². The molecule has 5 heteroatoms. The van der Waals surface area contributed by atoms with Gasteiger partial charge in [-0.25, -0.2) is 4.98 Å². The van der Waals surface area contributed by atoms with Crippen LogP contribution in [0, 0.1) is 0 Å². The predicted molar refractivity (Wildman–Crippen MR) is 61.4 cm³/mol. The fourth-order valence-corrected chi connectivity index (χ4v) is 1.87. The normalized spacial score (nSPS) is 11.4. The van der Waals surface area contributed by atoms with E-state index in [1.165, 1.54) is 11.3 Å². The van der Waals surface area contributed by atoms with Crippen molar-refractivity contribution in [1.82, 2.24) is 4.98 Å². The summed E-state index contributed by atoms with van der Waals surface area (Å²) in [5.74, 6) is -0.846. The molecule has 84 valence electrons. The second-order valence-corrected chi connectivity index (χ2v) is 4.94. The first-order valence-corrected chi connectivity index (χ1v) is 5.75. The number of carbonyl (C=O) groups is 1. The number of carboxylic acids is 1. The maximum atomic E-state index is 10.5. The molecule has 2 N–H and O–H groups in total. The highest BCUT2D eigenvalue weighted by Gasteiger charge is 2.16. The number of carboxylic acid groups (broad SMARTS) is 1. The average Bonchev–Trinajstić information content (AvgIpc) is 2.50. The van der Waals surface area contributed by atoms with Crippen LogP contribution in [0.25, 0.3) is 0 Å². The molecule has 0 bridgehead atoms. The number of hydrogen-bond acceptors (Lipinski definition) is 4. The highest BCUT2D eigenvalue weighted by molar-refractivity contribution is 7.13. The van der Waals surface area contributed by atoms with Gasteiger partial charge in [-0.1, -0.05) is 6.92 Å². The first-order chi connectivity index (χ1) is 6.93. The third-order valence-electron chi connectivity index (χ3n) is 2.21. The van der Waals surface area contributed by atoms with Gasteiger partial charge in [0, 0.05) is 10.9 Å². The number of nitrogens with zero attached hydrogens (tertiary/aromatic N) is 1. The number of thiazole rings is 1. The van der Waals surface area contributed by atoms with E-state index in [9.17, 15) is 4.79 Å². The Balaban J connectivity index is 2.64. The van der Waals surface area contributed by atoms with E-state index >= 15 is 0 Å². The van der Waals surface area contributed by atoms with E-state index < -0.39 is 5.97 Å². The fraction of sp³-hybridized carbons (Fsp3) is 0.600. The van der Waals surface area contributed by atoms with Gasteiger partial charge in [-0.15, -0.1) is 11.3 Å². The van der Waals surface area contributed by atoms with E-state index in [0.717, 1.165) is 11.6 Å². The Morgan fingerprint density at radius 3 is 2.87 bits per heavy atom. The first-order valence-electron chi connectivity index (χ1n) is 4.87. The van der Waals surface area contributed by atoms with Crippen molar-refractivity contribution in [3.05, 3.63) is 11.1 Å². The average molecular weight is 228 g/mol. The molecular formula is C10H16N2O2S. The number of rotatable bonds is 5. The predicted octanol–water partition coefficient (Wildman–Crippen LogP) is 2.37. The number of anilines is 1. The molecule has 15 heavy (non-hydrogen) atoms. The highest BCUT2D eigenvalue weighted by Crippen LogP contribution is 2.21. The van der Waals surface area contributed by atoms with Crippen LogP contribution in [0.1, 0.15) is 32.9 Å². The summed E-state index contributed by atoms with van der Waals surface area (Å²) in [5, 5.41) is 14.4. The quantitative estimate of drug-likeness (QED) is 0.812. The van der Waals surface area contributed by atoms with Crippen LogP contribution in [0.4, 0.5) is 5.13 Å². The fourth-order valence-electron chi connectivity index (χ4n) is 0.978. The minimum atomic E-state index is -0.846. The second kappa shape index (κ2) is 4.61. The van der Waals surface area contributed by atoms with Crippen LogP contribution < -0.4 is 5.32 Å². The molecule has 0 spiro atoms. The lowest BCUT2D eigenvalue weighted by atomic mass is 10.0. The topological polar surface area (TPSA) is 62.2 Å². The van der Waals surface area contributed by atoms with Crippen molar-refractivity contribution in [2.75, 3.05) is 5.32 Å². The third-order valence-corrected chi connectivity index (χ3v) is 3.02. The van der Waals surface area contributed by atoms with Crippen LogP contribution in [0.15, 0.2) is 5.38 Å². The summed E-state index contributed by atoms with van der Waals surface area (Å²) in [6, 6.07) is 0. The van der Waals surface area contributed by atoms with E-state index in [2.05, 4.69) is 31.1 Å². The highest BCUT2D eigenvalue weighted by atomic mass is 32.1. The summed E-state index contributed by atoms with van der Waals surface area (Å²) < 4.78 is 0. The van der Waals surface area contributed by atoms with Crippen LogP contribution in [-0.4, -0.2) is 21.6 Å². The Labute approximate surface area is 93.4 Å². The summed E-state index contributed by atoms with van der Waals surface area (Å²) in [6.07, 6.45) is 0.978. The standard InChI is InChI=1S/C10H16N2O2S/c1-4-10(2,3)12-9-11-7(6-15-9)5-8(13)14/h6H,4-5H2,1-3H3,(H,11,12)(H,13,14). The molecule has 0 fully saturated rings. The lowest BCUT2D eigenvalue weighted by Crippen LogP contribution is -2.29. The van der Waals surface area contributed by atoms with Crippen LogP contribution in [0.2, 0.25) is 0 Å². The molecule has 0 amide bonds. The molecule has 0 unspecified atom stereocenters. The third kappa shape index (κ3) is 3.87.